The van der Waals surface area contributed by atoms with Gasteiger partial charge in [0.2, 0.25) is 0 Å². The molecule has 1 unspecified atom stereocenters. The Hall–Kier alpha value is -1.62. The average molecular weight is 238 g/mol. The van der Waals surface area contributed by atoms with Gasteiger partial charge < -0.3 is 15.2 Å². The van der Waals surface area contributed by atoms with Gasteiger partial charge in [0.1, 0.15) is 6.10 Å². The van der Waals surface area contributed by atoms with Crippen molar-refractivity contribution in [2.45, 2.75) is 25.9 Å². The fraction of sp³-hybridized carbons (Fsp3) is 0.500. The predicted octanol–water partition coefficient (Wildman–Crippen LogP) is 1.39. The summed E-state index contributed by atoms with van der Waals surface area (Å²) < 4.78 is 10.0. The maximum atomic E-state index is 10.4. The molecule has 0 spiro atoms. The van der Waals surface area contributed by atoms with E-state index in [1.165, 1.54) is 6.92 Å². The molecule has 94 valence electrons. The molecule has 1 saturated heterocycles. The maximum absolute atomic E-state index is 10.4. The number of hydrogen-bond acceptors (Lipinski definition) is 5. The summed E-state index contributed by atoms with van der Waals surface area (Å²) in [6, 6.07) is 3.60. The molecule has 1 aromatic rings. The van der Waals surface area contributed by atoms with Crippen molar-refractivity contribution in [3.05, 3.63) is 24.5 Å². The van der Waals surface area contributed by atoms with Crippen molar-refractivity contribution in [1.82, 2.24) is 4.98 Å². The summed E-state index contributed by atoms with van der Waals surface area (Å²) in [6.07, 6.45) is 5.25. The second-order valence-electron chi connectivity index (χ2n) is 3.73. The van der Waals surface area contributed by atoms with E-state index in [9.17, 15) is 4.79 Å². The minimum Gasteiger partial charge on any atom is -0.460 e. The Morgan fingerprint density at radius 2 is 2.47 bits per heavy atom. The van der Waals surface area contributed by atoms with Crippen molar-refractivity contribution < 1.29 is 14.3 Å². The van der Waals surface area contributed by atoms with E-state index in [4.69, 9.17) is 15.2 Å². The number of rotatable bonds is 1. The summed E-state index contributed by atoms with van der Waals surface area (Å²) in [4.78, 5) is 14.2. The number of carbonyl (C=O) groups is 1. The molecule has 1 atom stereocenters. The van der Waals surface area contributed by atoms with Crippen LogP contribution in [0.3, 0.4) is 0 Å². The Morgan fingerprint density at radius 1 is 1.65 bits per heavy atom. The van der Waals surface area contributed by atoms with Crippen molar-refractivity contribution in [2.24, 2.45) is 0 Å². The molecule has 5 nitrogen and oxygen atoms in total. The van der Waals surface area contributed by atoms with Gasteiger partial charge in [0.05, 0.1) is 12.3 Å². The highest BCUT2D eigenvalue weighted by Crippen LogP contribution is 2.09. The molecule has 1 aromatic heterocycles. The van der Waals surface area contributed by atoms with E-state index in [0.717, 1.165) is 19.4 Å². The molecule has 0 saturated carbocycles. The second kappa shape index (κ2) is 7.62. The van der Waals surface area contributed by atoms with Crippen molar-refractivity contribution in [2.75, 3.05) is 18.9 Å². The zero-order valence-electron chi connectivity index (χ0n) is 9.96. The number of nitrogen functional groups attached to an aromatic ring is 1. The molecular weight excluding hydrogens is 220 g/mol. The molecule has 0 amide bonds. The Bertz CT molecular complexity index is 324. The third-order valence-electron chi connectivity index (χ3n) is 2.14. The lowest BCUT2D eigenvalue weighted by Gasteiger charge is -2.21. The summed E-state index contributed by atoms with van der Waals surface area (Å²) >= 11 is 0. The number of nitrogens with zero attached hydrogens (tertiary/aromatic N) is 1. The monoisotopic (exact) mass is 238 g/mol. The van der Waals surface area contributed by atoms with Gasteiger partial charge in [-0.15, -0.1) is 0 Å². The topological polar surface area (TPSA) is 74.4 Å². The summed E-state index contributed by atoms with van der Waals surface area (Å²) in [5, 5.41) is 0. The molecule has 1 aliphatic rings. The molecule has 1 aliphatic heterocycles. The van der Waals surface area contributed by atoms with E-state index >= 15 is 0 Å². The second-order valence-corrected chi connectivity index (χ2v) is 3.73. The Balaban J connectivity index is 0.000000181. The number of nitrogens with two attached hydrogens (primary N) is 1. The van der Waals surface area contributed by atoms with Gasteiger partial charge in [-0.25, -0.2) is 0 Å². The van der Waals surface area contributed by atoms with Crippen LogP contribution < -0.4 is 5.73 Å². The minimum absolute atomic E-state index is 0.00579. The SMILES string of the molecule is CC(=O)OC1CCCOC1.Nc1cccnc1. The standard InChI is InChI=1S/C7H12O3.C5H6N2/c1-6(8)10-7-3-2-4-9-5-7;6-5-2-1-3-7-4-5/h7H,2-5H2,1H3;1-4H,6H2. The van der Waals surface area contributed by atoms with E-state index in [1.54, 1.807) is 24.5 Å². The Kier molecular flexibility index (Phi) is 6.03. The van der Waals surface area contributed by atoms with E-state index in [0.29, 0.717) is 12.3 Å². The van der Waals surface area contributed by atoms with Crippen LogP contribution in [0.1, 0.15) is 19.8 Å². The maximum Gasteiger partial charge on any atom is 0.302 e. The fourth-order valence-corrected chi connectivity index (χ4v) is 1.41. The van der Waals surface area contributed by atoms with Crippen molar-refractivity contribution >= 4 is 11.7 Å². The number of esters is 1. The highest BCUT2D eigenvalue weighted by Gasteiger charge is 2.15. The lowest BCUT2D eigenvalue weighted by Crippen LogP contribution is -2.26. The van der Waals surface area contributed by atoms with Gasteiger partial charge in [0.15, 0.2) is 0 Å². The van der Waals surface area contributed by atoms with Gasteiger partial charge in [-0.2, -0.15) is 0 Å². The van der Waals surface area contributed by atoms with Crippen LogP contribution in [0.25, 0.3) is 0 Å². The summed E-state index contributed by atoms with van der Waals surface area (Å²) in [5.41, 5.74) is 6.01. The molecule has 2 heterocycles. The summed E-state index contributed by atoms with van der Waals surface area (Å²) in [6.45, 7) is 2.80. The van der Waals surface area contributed by atoms with Crippen molar-refractivity contribution in [3.8, 4) is 0 Å². The summed E-state index contributed by atoms with van der Waals surface area (Å²) in [5.74, 6) is -0.212. The lowest BCUT2D eigenvalue weighted by molar-refractivity contribution is -0.152. The number of anilines is 1. The number of carbonyl (C=O) groups excluding carboxylic acids is 1. The molecule has 0 bridgehead atoms. The first-order valence-corrected chi connectivity index (χ1v) is 5.59. The molecule has 1 fully saturated rings. The Labute approximate surface area is 101 Å². The first kappa shape index (κ1) is 13.4. The molecule has 17 heavy (non-hydrogen) atoms. The molecule has 2 rings (SSSR count). The zero-order chi connectivity index (χ0) is 12.5. The van der Waals surface area contributed by atoms with Crippen LogP contribution in [-0.2, 0) is 14.3 Å². The number of pyridine rings is 1. The van der Waals surface area contributed by atoms with Crippen molar-refractivity contribution in [1.29, 1.82) is 0 Å². The van der Waals surface area contributed by atoms with Crippen LogP contribution >= 0.6 is 0 Å². The minimum atomic E-state index is -0.212. The van der Waals surface area contributed by atoms with Crippen molar-refractivity contribution in [3.63, 3.8) is 0 Å². The van der Waals surface area contributed by atoms with Crippen LogP contribution in [0.2, 0.25) is 0 Å². The van der Waals surface area contributed by atoms with Crippen LogP contribution in [-0.4, -0.2) is 30.3 Å². The van der Waals surface area contributed by atoms with Crippen LogP contribution in [0.5, 0.6) is 0 Å². The largest absolute Gasteiger partial charge is 0.460 e. The van der Waals surface area contributed by atoms with Gasteiger partial charge in [-0.1, -0.05) is 0 Å². The number of ether oxygens (including phenoxy) is 2. The summed E-state index contributed by atoms with van der Waals surface area (Å²) in [7, 11) is 0. The molecule has 0 aliphatic carbocycles. The zero-order valence-corrected chi connectivity index (χ0v) is 9.96. The van der Waals surface area contributed by atoms with E-state index in [1.807, 2.05) is 0 Å². The van der Waals surface area contributed by atoms with Gasteiger partial charge in [0.25, 0.3) is 0 Å². The quantitative estimate of drug-likeness (QED) is 0.748. The normalized spacial score (nSPS) is 18.8. The molecule has 5 heteroatoms. The van der Waals surface area contributed by atoms with E-state index in [-0.39, 0.29) is 12.1 Å². The van der Waals surface area contributed by atoms with Gasteiger partial charge >= 0.3 is 5.97 Å². The van der Waals surface area contributed by atoms with Crippen LogP contribution in [0.4, 0.5) is 5.69 Å². The molecule has 0 radical (unpaired) electrons. The third kappa shape index (κ3) is 6.52. The molecule has 2 N–H and O–H groups in total. The van der Waals surface area contributed by atoms with Crippen LogP contribution in [0.15, 0.2) is 24.5 Å². The van der Waals surface area contributed by atoms with Crippen LogP contribution in [0, 0.1) is 0 Å². The van der Waals surface area contributed by atoms with E-state index < -0.39 is 0 Å². The average Bonchev–Trinajstić information content (AvgIpc) is 2.31. The first-order valence-electron chi connectivity index (χ1n) is 5.59. The van der Waals surface area contributed by atoms with Gasteiger partial charge in [-0.05, 0) is 25.0 Å². The third-order valence-corrected chi connectivity index (χ3v) is 2.14. The highest BCUT2D eigenvalue weighted by atomic mass is 16.6. The molecule has 0 aromatic carbocycles. The van der Waals surface area contributed by atoms with Gasteiger partial charge in [0, 0.05) is 25.9 Å². The first-order chi connectivity index (χ1) is 8.18. The molecular formula is C12H18N2O3. The Morgan fingerprint density at radius 3 is 2.88 bits per heavy atom. The predicted molar refractivity (Wildman–Crippen MR) is 64.3 cm³/mol. The lowest BCUT2D eigenvalue weighted by atomic mass is 10.2. The van der Waals surface area contributed by atoms with Gasteiger partial charge in [-0.3, -0.25) is 9.78 Å². The number of hydrogen-bond donors (Lipinski definition) is 1. The fourth-order valence-electron chi connectivity index (χ4n) is 1.41. The number of aromatic nitrogens is 1. The highest BCUT2D eigenvalue weighted by molar-refractivity contribution is 5.66. The smallest absolute Gasteiger partial charge is 0.302 e. The van der Waals surface area contributed by atoms with E-state index in [2.05, 4.69) is 4.98 Å².